The molecule has 0 spiro atoms. The van der Waals surface area contributed by atoms with Crippen molar-refractivity contribution in [2.45, 2.75) is 19.6 Å². The van der Waals surface area contributed by atoms with Crippen LogP contribution in [0.25, 0.3) is 0 Å². The minimum absolute atomic E-state index is 0.00427. The number of rotatable bonds is 4. The first kappa shape index (κ1) is 17.2. The van der Waals surface area contributed by atoms with E-state index in [1.807, 2.05) is 60.4 Å². The topological polar surface area (TPSA) is 38.8 Å². The number of carbonyl (C=O) groups excluding carboxylic acids is 1. The Balaban J connectivity index is 1.78. The molecule has 1 aliphatic heterocycles. The van der Waals surface area contributed by atoms with Crippen molar-refractivity contribution in [1.82, 2.24) is 4.90 Å². The number of amides is 1. The Labute approximate surface area is 155 Å². The lowest BCUT2D eigenvalue weighted by Crippen LogP contribution is -2.44. The SMILES string of the molecule is C[C@@H]1CN(C(=O)c2ccc(I)cc2OCc2ccccc2)CCO1. The predicted molar refractivity (Wildman–Crippen MR) is 101 cm³/mol. The highest BCUT2D eigenvalue weighted by atomic mass is 127. The van der Waals surface area contributed by atoms with Gasteiger partial charge < -0.3 is 14.4 Å². The molecular weight excluding hydrogens is 417 g/mol. The molecule has 3 rings (SSSR count). The molecule has 1 fully saturated rings. The van der Waals surface area contributed by atoms with Gasteiger partial charge in [-0.25, -0.2) is 0 Å². The molecule has 4 nitrogen and oxygen atoms in total. The molecule has 0 aromatic heterocycles. The molecule has 0 N–H and O–H groups in total. The van der Waals surface area contributed by atoms with E-state index in [0.29, 0.717) is 37.6 Å². The van der Waals surface area contributed by atoms with Gasteiger partial charge in [-0.1, -0.05) is 30.3 Å². The van der Waals surface area contributed by atoms with Crippen LogP contribution < -0.4 is 4.74 Å². The Morgan fingerprint density at radius 2 is 2.08 bits per heavy atom. The minimum Gasteiger partial charge on any atom is -0.488 e. The summed E-state index contributed by atoms with van der Waals surface area (Å²) in [5.74, 6) is 0.638. The Morgan fingerprint density at radius 3 is 2.83 bits per heavy atom. The summed E-state index contributed by atoms with van der Waals surface area (Å²) < 4.78 is 12.5. The molecule has 24 heavy (non-hydrogen) atoms. The standard InChI is InChI=1S/C19H20INO3/c1-14-12-21(9-10-23-14)19(22)17-8-7-16(20)11-18(17)24-13-15-5-3-2-4-6-15/h2-8,11,14H,9-10,12-13H2,1H3/t14-/m1/s1. The maximum Gasteiger partial charge on any atom is 0.257 e. The third-order valence-corrected chi connectivity index (χ3v) is 4.61. The maximum absolute atomic E-state index is 12.9. The lowest BCUT2D eigenvalue weighted by molar-refractivity contribution is -0.0125. The van der Waals surface area contributed by atoms with Gasteiger partial charge in [0, 0.05) is 16.7 Å². The molecule has 0 saturated carbocycles. The molecule has 126 valence electrons. The zero-order chi connectivity index (χ0) is 16.9. The summed E-state index contributed by atoms with van der Waals surface area (Å²) in [6.45, 7) is 4.24. The lowest BCUT2D eigenvalue weighted by atomic mass is 10.1. The number of halogens is 1. The molecule has 2 aromatic carbocycles. The first-order valence-electron chi connectivity index (χ1n) is 8.00. The highest BCUT2D eigenvalue weighted by Gasteiger charge is 2.24. The van der Waals surface area contributed by atoms with Crippen molar-refractivity contribution >= 4 is 28.5 Å². The number of ether oxygens (including phenoxy) is 2. The average Bonchev–Trinajstić information content (AvgIpc) is 2.60. The smallest absolute Gasteiger partial charge is 0.257 e. The quantitative estimate of drug-likeness (QED) is 0.685. The Kier molecular flexibility index (Phi) is 5.73. The monoisotopic (exact) mass is 437 g/mol. The zero-order valence-corrected chi connectivity index (χ0v) is 15.7. The van der Waals surface area contributed by atoms with Gasteiger partial charge in [-0.2, -0.15) is 0 Å². The van der Waals surface area contributed by atoms with Crippen molar-refractivity contribution in [2.75, 3.05) is 19.7 Å². The molecule has 0 aliphatic carbocycles. The maximum atomic E-state index is 12.9. The van der Waals surface area contributed by atoms with Crippen molar-refractivity contribution in [3.05, 3.63) is 63.2 Å². The Morgan fingerprint density at radius 1 is 1.29 bits per heavy atom. The summed E-state index contributed by atoms with van der Waals surface area (Å²) in [5.41, 5.74) is 1.69. The minimum atomic E-state index is 0.00427. The highest BCUT2D eigenvalue weighted by Crippen LogP contribution is 2.25. The second kappa shape index (κ2) is 7.98. The number of nitrogens with zero attached hydrogens (tertiary/aromatic N) is 1. The summed E-state index contributed by atoms with van der Waals surface area (Å²) in [5, 5.41) is 0. The fourth-order valence-corrected chi connectivity index (χ4v) is 3.16. The van der Waals surface area contributed by atoms with E-state index in [4.69, 9.17) is 9.47 Å². The van der Waals surface area contributed by atoms with Gasteiger partial charge in [-0.15, -0.1) is 0 Å². The van der Waals surface area contributed by atoms with Crippen LogP contribution in [0.4, 0.5) is 0 Å². The summed E-state index contributed by atoms with van der Waals surface area (Å²) in [6, 6.07) is 15.7. The Hall–Kier alpha value is -1.60. The number of hydrogen-bond acceptors (Lipinski definition) is 3. The third-order valence-electron chi connectivity index (χ3n) is 3.94. The van der Waals surface area contributed by atoms with Crippen LogP contribution in [0.5, 0.6) is 5.75 Å². The summed E-state index contributed by atoms with van der Waals surface area (Å²) >= 11 is 2.23. The van der Waals surface area contributed by atoms with Crippen LogP contribution in [0.15, 0.2) is 48.5 Å². The zero-order valence-electron chi connectivity index (χ0n) is 13.6. The molecular formula is C19H20INO3. The van der Waals surface area contributed by atoms with E-state index in [2.05, 4.69) is 22.6 Å². The largest absolute Gasteiger partial charge is 0.488 e. The van der Waals surface area contributed by atoms with E-state index < -0.39 is 0 Å². The summed E-state index contributed by atoms with van der Waals surface area (Å²) in [6.07, 6.45) is 0.0697. The lowest BCUT2D eigenvalue weighted by Gasteiger charge is -2.31. The van der Waals surface area contributed by atoms with E-state index in [0.717, 1.165) is 9.13 Å². The van der Waals surface area contributed by atoms with Crippen molar-refractivity contribution in [2.24, 2.45) is 0 Å². The summed E-state index contributed by atoms with van der Waals surface area (Å²) in [7, 11) is 0. The fourth-order valence-electron chi connectivity index (χ4n) is 2.70. The Bertz CT molecular complexity index is 705. The molecule has 0 bridgehead atoms. The van der Waals surface area contributed by atoms with Crippen molar-refractivity contribution in [1.29, 1.82) is 0 Å². The molecule has 1 saturated heterocycles. The van der Waals surface area contributed by atoms with Gasteiger partial charge in [0.05, 0.1) is 18.3 Å². The van der Waals surface area contributed by atoms with E-state index in [1.54, 1.807) is 0 Å². The van der Waals surface area contributed by atoms with E-state index >= 15 is 0 Å². The van der Waals surface area contributed by atoms with E-state index in [1.165, 1.54) is 0 Å². The number of benzene rings is 2. The summed E-state index contributed by atoms with van der Waals surface area (Å²) in [4.78, 5) is 14.7. The van der Waals surface area contributed by atoms with Crippen molar-refractivity contribution in [3.63, 3.8) is 0 Å². The fraction of sp³-hybridized carbons (Fsp3) is 0.316. The molecule has 1 atom stereocenters. The van der Waals surface area contributed by atoms with Gasteiger partial charge in [0.2, 0.25) is 0 Å². The molecule has 0 unspecified atom stereocenters. The van der Waals surface area contributed by atoms with Crippen LogP contribution in [0, 0.1) is 3.57 Å². The molecule has 0 radical (unpaired) electrons. The van der Waals surface area contributed by atoms with Gasteiger partial charge in [0.1, 0.15) is 12.4 Å². The van der Waals surface area contributed by atoms with Crippen molar-refractivity contribution < 1.29 is 14.3 Å². The van der Waals surface area contributed by atoms with E-state index in [-0.39, 0.29) is 12.0 Å². The number of carbonyl (C=O) groups is 1. The molecule has 1 aliphatic rings. The average molecular weight is 437 g/mol. The van der Waals surface area contributed by atoms with Gasteiger partial charge in [0.25, 0.3) is 5.91 Å². The van der Waals surface area contributed by atoms with Crippen molar-refractivity contribution in [3.8, 4) is 5.75 Å². The molecule has 2 aromatic rings. The number of hydrogen-bond donors (Lipinski definition) is 0. The second-order valence-electron chi connectivity index (χ2n) is 5.85. The highest BCUT2D eigenvalue weighted by molar-refractivity contribution is 14.1. The van der Waals surface area contributed by atoms with Gasteiger partial charge in [0.15, 0.2) is 0 Å². The van der Waals surface area contributed by atoms with Crippen LogP contribution in [0.3, 0.4) is 0 Å². The molecule has 5 heteroatoms. The van der Waals surface area contributed by atoms with E-state index in [9.17, 15) is 4.79 Å². The second-order valence-corrected chi connectivity index (χ2v) is 7.09. The number of morpholine rings is 1. The van der Waals surface area contributed by atoms with Crippen LogP contribution in [-0.2, 0) is 11.3 Å². The van der Waals surface area contributed by atoms with Crippen LogP contribution >= 0.6 is 22.6 Å². The van der Waals surface area contributed by atoms with Gasteiger partial charge in [-0.3, -0.25) is 4.79 Å². The normalized spacial score (nSPS) is 17.6. The van der Waals surface area contributed by atoms with Crippen LogP contribution in [0.1, 0.15) is 22.8 Å². The molecule has 1 amide bonds. The van der Waals surface area contributed by atoms with Gasteiger partial charge >= 0.3 is 0 Å². The van der Waals surface area contributed by atoms with Crippen LogP contribution in [-0.4, -0.2) is 36.6 Å². The first-order chi connectivity index (χ1) is 11.6. The van der Waals surface area contributed by atoms with Crippen LogP contribution in [0.2, 0.25) is 0 Å². The predicted octanol–water partition coefficient (Wildman–Crippen LogP) is 3.73. The molecule has 1 heterocycles. The van der Waals surface area contributed by atoms with Gasteiger partial charge in [-0.05, 0) is 53.3 Å². The third kappa shape index (κ3) is 4.27. The first-order valence-corrected chi connectivity index (χ1v) is 9.08.